The van der Waals surface area contributed by atoms with Gasteiger partial charge in [-0.2, -0.15) is 0 Å². The van der Waals surface area contributed by atoms with Gasteiger partial charge in [-0.3, -0.25) is 13.9 Å². The minimum absolute atomic E-state index is 0.00824. The molecule has 0 radical (unpaired) electrons. The zero-order valence-electron chi connectivity index (χ0n) is 20.0. The molecule has 4 rings (SSSR count). The first-order chi connectivity index (χ1) is 17.8. The lowest BCUT2D eigenvalue weighted by Crippen LogP contribution is -2.39. The van der Waals surface area contributed by atoms with Crippen LogP contribution in [-0.4, -0.2) is 32.8 Å². The van der Waals surface area contributed by atoms with E-state index in [2.05, 4.69) is 10.6 Å². The summed E-state index contributed by atoms with van der Waals surface area (Å²) in [5.74, 6) is -0.928. The molecule has 3 aromatic carbocycles. The van der Waals surface area contributed by atoms with Gasteiger partial charge < -0.3 is 10.6 Å². The number of anilines is 2. The number of nitrogens with zero attached hydrogens (tertiary/aromatic N) is 1. The fourth-order valence-corrected chi connectivity index (χ4v) is 6.21. The number of amides is 2. The number of nitrogens with one attached hydrogen (secondary N) is 2. The van der Waals surface area contributed by atoms with Gasteiger partial charge in [-0.25, -0.2) is 8.42 Å². The van der Waals surface area contributed by atoms with E-state index in [0.717, 1.165) is 36.4 Å². The number of rotatable bonds is 8. The van der Waals surface area contributed by atoms with Crippen LogP contribution in [-0.2, 0) is 14.8 Å². The second kappa shape index (κ2) is 12.0. The molecule has 0 unspecified atom stereocenters. The number of benzene rings is 3. The lowest BCUT2D eigenvalue weighted by Gasteiger charge is -2.25. The van der Waals surface area contributed by atoms with E-state index >= 15 is 0 Å². The highest BCUT2D eigenvalue weighted by molar-refractivity contribution is 7.92. The molecule has 1 saturated carbocycles. The van der Waals surface area contributed by atoms with E-state index in [9.17, 15) is 18.0 Å². The standard InChI is InChI=1S/C27H27Cl2N3O4S/c28-19-15-16-23(29)25(17-19)32(37(35,36)21-11-5-2-6-12-21)18-26(33)31-24-14-8-7-13-22(24)27(34)30-20-9-3-1-4-10-20/h2,5-8,11-17,20H,1,3-4,9-10,18H2,(H,30,34)(H,31,33). The zero-order valence-corrected chi connectivity index (χ0v) is 22.3. The van der Waals surface area contributed by atoms with Crippen molar-refractivity contribution in [3.05, 3.63) is 88.4 Å². The molecule has 0 atom stereocenters. The van der Waals surface area contributed by atoms with Gasteiger partial charge in [0.15, 0.2) is 0 Å². The molecule has 2 amide bonds. The first-order valence-corrected chi connectivity index (χ1v) is 14.2. The van der Waals surface area contributed by atoms with E-state index in [1.807, 2.05) is 0 Å². The van der Waals surface area contributed by atoms with Crippen molar-refractivity contribution in [2.75, 3.05) is 16.2 Å². The molecule has 2 N–H and O–H groups in total. The Morgan fingerprint density at radius 3 is 2.30 bits per heavy atom. The minimum atomic E-state index is -4.18. The molecule has 10 heteroatoms. The SMILES string of the molecule is O=C(CN(c1cc(Cl)ccc1Cl)S(=O)(=O)c1ccccc1)Nc1ccccc1C(=O)NC1CCCCC1. The Bertz CT molecular complexity index is 1380. The van der Waals surface area contributed by atoms with E-state index < -0.39 is 22.5 Å². The fraction of sp³-hybridized carbons (Fsp3) is 0.259. The molecule has 0 aliphatic heterocycles. The molecule has 0 saturated heterocycles. The summed E-state index contributed by atoms with van der Waals surface area (Å²) >= 11 is 12.5. The number of para-hydroxylation sites is 1. The van der Waals surface area contributed by atoms with Crippen molar-refractivity contribution >= 4 is 56.4 Å². The molecular weight excluding hydrogens is 533 g/mol. The second-order valence-electron chi connectivity index (χ2n) is 8.82. The third-order valence-electron chi connectivity index (χ3n) is 6.18. The quantitative estimate of drug-likeness (QED) is 0.359. The molecular formula is C27H27Cl2N3O4S. The van der Waals surface area contributed by atoms with Crippen molar-refractivity contribution in [1.29, 1.82) is 0 Å². The van der Waals surface area contributed by atoms with Crippen molar-refractivity contribution in [3.63, 3.8) is 0 Å². The van der Waals surface area contributed by atoms with E-state index in [1.165, 1.54) is 30.3 Å². The number of hydrogen-bond acceptors (Lipinski definition) is 4. The molecule has 0 spiro atoms. The summed E-state index contributed by atoms with van der Waals surface area (Å²) < 4.78 is 28.0. The van der Waals surface area contributed by atoms with Crippen molar-refractivity contribution in [2.24, 2.45) is 0 Å². The molecule has 7 nitrogen and oxygen atoms in total. The Kier molecular flexibility index (Phi) is 8.74. The van der Waals surface area contributed by atoms with Crippen LogP contribution in [0.2, 0.25) is 10.0 Å². The zero-order chi connectivity index (χ0) is 26.4. The van der Waals surface area contributed by atoms with Gasteiger partial charge in [0, 0.05) is 11.1 Å². The number of hydrogen-bond donors (Lipinski definition) is 2. The van der Waals surface area contributed by atoms with Crippen LogP contribution in [0.1, 0.15) is 42.5 Å². The Hall–Kier alpha value is -3.07. The predicted octanol–water partition coefficient (Wildman–Crippen LogP) is 5.89. The monoisotopic (exact) mass is 559 g/mol. The van der Waals surface area contributed by atoms with Crippen molar-refractivity contribution in [2.45, 2.75) is 43.0 Å². The molecule has 194 valence electrons. The summed E-state index contributed by atoms with van der Waals surface area (Å²) in [6.45, 7) is -0.587. The number of sulfonamides is 1. The number of carbonyl (C=O) groups excluding carboxylic acids is 2. The third-order valence-corrected chi connectivity index (χ3v) is 8.51. The molecule has 0 aromatic heterocycles. The highest BCUT2D eigenvalue weighted by Gasteiger charge is 2.29. The van der Waals surface area contributed by atoms with E-state index in [1.54, 1.807) is 42.5 Å². The van der Waals surface area contributed by atoms with Crippen LogP contribution >= 0.6 is 23.2 Å². The highest BCUT2D eigenvalue weighted by Crippen LogP contribution is 2.33. The van der Waals surface area contributed by atoms with E-state index in [0.29, 0.717) is 5.56 Å². The minimum Gasteiger partial charge on any atom is -0.349 e. The first kappa shape index (κ1) is 27.0. The van der Waals surface area contributed by atoms with Crippen LogP contribution in [0.5, 0.6) is 0 Å². The van der Waals surface area contributed by atoms with Gasteiger partial charge >= 0.3 is 0 Å². The Balaban J connectivity index is 1.60. The van der Waals surface area contributed by atoms with Gasteiger partial charge in [-0.05, 0) is 55.3 Å². The largest absolute Gasteiger partial charge is 0.349 e. The Morgan fingerprint density at radius 1 is 0.892 bits per heavy atom. The molecule has 0 heterocycles. The van der Waals surface area contributed by atoms with E-state index in [-0.39, 0.29) is 38.3 Å². The Morgan fingerprint density at radius 2 is 1.57 bits per heavy atom. The average Bonchev–Trinajstić information content (AvgIpc) is 2.90. The lowest BCUT2D eigenvalue weighted by molar-refractivity contribution is -0.114. The van der Waals surface area contributed by atoms with Gasteiger partial charge in [-0.15, -0.1) is 0 Å². The first-order valence-electron chi connectivity index (χ1n) is 12.0. The van der Waals surface area contributed by atoms with Crippen molar-refractivity contribution in [1.82, 2.24) is 5.32 Å². The Labute approximate surface area is 226 Å². The van der Waals surface area contributed by atoms with Crippen LogP contribution in [0.15, 0.2) is 77.7 Å². The number of halogens is 2. The van der Waals surface area contributed by atoms with Crippen molar-refractivity contribution < 1.29 is 18.0 Å². The smallest absolute Gasteiger partial charge is 0.264 e. The summed E-state index contributed by atoms with van der Waals surface area (Å²) in [4.78, 5) is 26.2. The maximum absolute atomic E-state index is 13.6. The topological polar surface area (TPSA) is 95.6 Å². The number of carbonyl (C=O) groups is 2. The van der Waals surface area contributed by atoms with Crippen LogP contribution in [0.3, 0.4) is 0 Å². The molecule has 1 fully saturated rings. The van der Waals surface area contributed by atoms with Gasteiger partial charge in [0.1, 0.15) is 6.54 Å². The normalized spacial score (nSPS) is 14.1. The van der Waals surface area contributed by atoms with Gasteiger partial charge in [0.05, 0.1) is 26.9 Å². The summed E-state index contributed by atoms with van der Waals surface area (Å²) in [6, 6.07) is 18.9. The predicted molar refractivity (Wildman–Crippen MR) is 147 cm³/mol. The van der Waals surface area contributed by atoms with Gasteiger partial charge in [-0.1, -0.05) is 72.8 Å². The van der Waals surface area contributed by atoms with Crippen LogP contribution in [0, 0.1) is 0 Å². The maximum atomic E-state index is 13.6. The van der Waals surface area contributed by atoms with Crippen LogP contribution < -0.4 is 14.9 Å². The van der Waals surface area contributed by atoms with Crippen LogP contribution in [0.25, 0.3) is 0 Å². The maximum Gasteiger partial charge on any atom is 0.264 e. The van der Waals surface area contributed by atoms with E-state index in [4.69, 9.17) is 23.2 Å². The third kappa shape index (κ3) is 6.63. The fourth-order valence-electron chi connectivity index (χ4n) is 4.32. The summed E-state index contributed by atoms with van der Waals surface area (Å²) in [5, 5.41) is 6.13. The summed E-state index contributed by atoms with van der Waals surface area (Å²) in [5.41, 5.74) is 0.659. The van der Waals surface area contributed by atoms with Crippen molar-refractivity contribution in [3.8, 4) is 0 Å². The summed E-state index contributed by atoms with van der Waals surface area (Å²) in [6.07, 6.45) is 5.15. The lowest BCUT2D eigenvalue weighted by atomic mass is 9.95. The van der Waals surface area contributed by atoms with Gasteiger partial charge in [0.2, 0.25) is 5.91 Å². The summed E-state index contributed by atoms with van der Waals surface area (Å²) in [7, 11) is -4.18. The van der Waals surface area contributed by atoms with Gasteiger partial charge in [0.25, 0.3) is 15.9 Å². The molecule has 0 bridgehead atoms. The molecule has 1 aliphatic carbocycles. The van der Waals surface area contributed by atoms with Crippen LogP contribution in [0.4, 0.5) is 11.4 Å². The highest BCUT2D eigenvalue weighted by atomic mass is 35.5. The molecule has 3 aromatic rings. The molecule has 37 heavy (non-hydrogen) atoms. The molecule has 1 aliphatic rings. The second-order valence-corrected chi connectivity index (χ2v) is 11.5. The average molecular weight is 561 g/mol.